The van der Waals surface area contributed by atoms with Crippen molar-refractivity contribution in [3.63, 3.8) is 0 Å². The van der Waals surface area contributed by atoms with Crippen molar-refractivity contribution in [2.24, 2.45) is 5.92 Å². The van der Waals surface area contributed by atoms with E-state index in [2.05, 4.69) is 39.8 Å². The Morgan fingerprint density at radius 1 is 0.966 bits per heavy atom. The van der Waals surface area contributed by atoms with Gasteiger partial charge in [-0.25, -0.2) is 0 Å². The zero-order chi connectivity index (χ0) is 21.6. The number of hydrogen-bond acceptors (Lipinski definition) is 3. The van der Waals surface area contributed by atoms with Gasteiger partial charge in [0, 0.05) is 5.41 Å². The second-order valence-electron chi connectivity index (χ2n) is 7.86. The number of benzene rings is 2. The van der Waals surface area contributed by atoms with Crippen LogP contribution in [0, 0.1) is 5.92 Å². The first-order chi connectivity index (χ1) is 13.7. The smallest absolute Gasteiger partial charge is 0.156 e. The molecule has 0 heterocycles. The molecule has 0 fully saturated rings. The molecular weight excluding hydrogens is 431 g/mol. The number of aliphatic hydroxyl groups excluding tert-OH is 1. The van der Waals surface area contributed by atoms with E-state index in [9.17, 15) is 5.11 Å². The topological polar surface area (TPSA) is 38.7 Å². The number of ether oxygens (including phenoxy) is 2. The lowest BCUT2D eigenvalue weighted by Crippen LogP contribution is -2.20. The fourth-order valence-electron chi connectivity index (χ4n) is 2.77. The molecule has 29 heavy (non-hydrogen) atoms. The molecule has 1 N–H and O–H groups in total. The van der Waals surface area contributed by atoms with E-state index in [4.69, 9.17) is 44.3 Å². The largest absolute Gasteiger partial charge is 0.493 e. The fraction of sp³-hybridized carbons (Fsp3) is 0.478. The third kappa shape index (κ3) is 6.42. The van der Waals surface area contributed by atoms with Crippen LogP contribution in [0.25, 0.3) is 0 Å². The van der Waals surface area contributed by atoms with E-state index in [1.807, 2.05) is 24.3 Å². The molecule has 6 heteroatoms. The van der Waals surface area contributed by atoms with Crippen LogP contribution >= 0.6 is 34.8 Å². The quantitative estimate of drug-likeness (QED) is 0.401. The Morgan fingerprint density at radius 2 is 1.55 bits per heavy atom. The van der Waals surface area contributed by atoms with Gasteiger partial charge in [0.05, 0.1) is 22.5 Å². The first-order valence-electron chi connectivity index (χ1n) is 9.78. The normalized spacial score (nSPS) is 13.8. The van der Waals surface area contributed by atoms with Crippen LogP contribution in [0.2, 0.25) is 10.0 Å². The third-order valence-electron chi connectivity index (χ3n) is 5.13. The molecule has 160 valence electrons. The second kappa shape index (κ2) is 10.8. The second-order valence-corrected chi connectivity index (χ2v) is 8.98. The minimum Gasteiger partial charge on any atom is -0.493 e. The van der Waals surface area contributed by atoms with Crippen LogP contribution in [0.4, 0.5) is 0 Å². The standard InChI is InChI=1S/C23H29Cl3O3/c1-5-15(2)13-28-19-8-6-16(7-9-19)23(3,4)17-10-20(25)22(21(26)11-17)29-14-18(27)12-24/h6-11,15,18,27H,5,12-14H2,1-4H3/t15-,18-/m1/s1. The summed E-state index contributed by atoms with van der Waals surface area (Å²) in [5.41, 5.74) is 1.76. The number of halogens is 3. The lowest BCUT2D eigenvalue weighted by atomic mass is 9.78. The monoisotopic (exact) mass is 458 g/mol. The SMILES string of the molecule is CC[C@@H](C)COc1ccc(C(C)(C)c2cc(Cl)c(OC[C@H](O)CCl)c(Cl)c2)cc1. The van der Waals surface area contributed by atoms with E-state index in [-0.39, 0.29) is 17.9 Å². The average Bonchev–Trinajstić information content (AvgIpc) is 2.71. The lowest BCUT2D eigenvalue weighted by molar-refractivity contribution is 0.125. The van der Waals surface area contributed by atoms with Gasteiger partial charge in [-0.2, -0.15) is 0 Å². The molecule has 0 spiro atoms. The summed E-state index contributed by atoms with van der Waals surface area (Å²) in [4.78, 5) is 0. The summed E-state index contributed by atoms with van der Waals surface area (Å²) in [6.07, 6.45) is 0.318. The molecule has 0 radical (unpaired) electrons. The van der Waals surface area contributed by atoms with Crippen molar-refractivity contribution in [3.05, 3.63) is 57.6 Å². The molecule has 2 aromatic rings. The van der Waals surface area contributed by atoms with Crippen molar-refractivity contribution in [1.82, 2.24) is 0 Å². The van der Waals surface area contributed by atoms with Crippen LogP contribution in [-0.4, -0.2) is 30.3 Å². The summed E-state index contributed by atoms with van der Waals surface area (Å²) in [7, 11) is 0. The van der Waals surface area contributed by atoms with E-state index in [1.54, 1.807) is 0 Å². The first kappa shape index (κ1) is 24.1. The van der Waals surface area contributed by atoms with Gasteiger partial charge in [0.2, 0.25) is 0 Å². The van der Waals surface area contributed by atoms with Crippen molar-refractivity contribution in [1.29, 1.82) is 0 Å². The summed E-state index contributed by atoms with van der Waals surface area (Å²) in [5.74, 6) is 1.83. The Kier molecular flexibility index (Phi) is 8.96. The van der Waals surface area contributed by atoms with Gasteiger partial charge < -0.3 is 14.6 Å². The summed E-state index contributed by atoms with van der Waals surface area (Å²) in [6.45, 7) is 9.30. The maximum absolute atomic E-state index is 9.59. The van der Waals surface area contributed by atoms with Crippen LogP contribution in [-0.2, 0) is 5.41 Å². The van der Waals surface area contributed by atoms with Gasteiger partial charge in [-0.15, -0.1) is 11.6 Å². The van der Waals surface area contributed by atoms with Gasteiger partial charge in [-0.1, -0.05) is 69.5 Å². The molecule has 2 atom stereocenters. The van der Waals surface area contributed by atoms with E-state index in [0.717, 1.165) is 23.3 Å². The summed E-state index contributed by atoms with van der Waals surface area (Å²) in [5, 5.41) is 10.4. The molecule has 0 saturated carbocycles. The Hall–Kier alpha value is -1.13. The molecule has 2 aromatic carbocycles. The van der Waals surface area contributed by atoms with Crippen LogP contribution in [0.3, 0.4) is 0 Å². The molecule has 0 aliphatic carbocycles. The zero-order valence-electron chi connectivity index (χ0n) is 17.3. The highest BCUT2D eigenvalue weighted by molar-refractivity contribution is 6.37. The molecule has 2 rings (SSSR count). The molecule has 0 amide bonds. The van der Waals surface area contributed by atoms with Crippen LogP contribution < -0.4 is 9.47 Å². The number of alkyl halides is 1. The summed E-state index contributed by atoms with van der Waals surface area (Å²) >= 11 is 18.4. The number of hydrogen-bond donors (Lipinski definition) is 1. The van der Waals surface area contributed by atoms with Gasteiger partial charge in [0.1, 0.15) is 18.5 Å². The first-order valence-corrected chi connectivity index (χ1v) is 11.1. The van der Waals surface area contributed by atoms with Crippen molar-refractivity contribution >= 4 is 34.8 Å². The van der Waals surface area contributed by atoms with Crippen molar-refractivity contribution in [3.8, 4) is 11.5 Å². The highest BCUT2D eigenvalue weighted by Gasteiger charge is 2.26. The van der Waals surface area contributed by atoms with Gasteiger partial charge in [-0.3, -0.25) is 0 Å². The third-order valence-corrected chi connectivity index (χ3v) is 6.04. The summed E-state index contributed by atoms with van der Waals surface area (Å²) < 4.78 is 11.4. The molecule has 0 bridgehead atoms. The molecular formula is C23H29Cl3O3. The number of aliphatic hydroxyl groups is 1. The predicted molar refractivity (Wildman–Crippen MR) is 122 cm³/mol. The molecule has 0 saturated heterocycles. The van der Waals surface area contributed by atoms with E-state index >= 15 is 0 Å². The Bertz CT molecular complexity index is 767. The minimum atomic E-state index is -0.777. The molecule has 0 aliphatic rings. The van der Waals surface area contributed by atoms with Gasteiger partial charge in [-0.05, 0) is 41.3 Å². The van der Waals surface area contributed by atoms with Crippen LogP contribution in [0.15, 0.2) is 36.4 Å². The highest BCUT2D eigenvalue weighted by atomic mass is 35.5. The lowest BCUT2D eigenvalue weighted by Gasteiger charge is -2.27. The van der Waals surface area contributed by atoms with E-state index in [1.165, 1.54) is 0 Å². The van der Waals surface area contributed by atoms with Gasteiger partial charge in [0.25, 0.3) is 0 Å². The Labute approximate surface area is 188 Å². The zero-order valence-corrected chi connectivity index (χ0v) is 19.6. The Morgan fingerprint density at radius 3 is 2.07 bits per heavy atom. The molecule has 3 nitrogen and oxygen atoms in total. The minimum absolute atomic E-state index is 0.0315. The molecule has 0 unspecified atom stereocenters. The maximum Gasteiger partial charge on any atom is 0.156 e. The van der Waals surface area contributed by atoms with E-state index in [0.29, 0.717) is 28.3 Å². The van der Waals surface area contributed by atoms with Gasteiger partial charge >= 0.3 is 0 Å². The predicted octanol–water partition coefficient (Wildman–Crippen LogP) is 6.72. The maximum atomic E-state index is 9.59. The van der Waals surface area contributed by atoms with Crippen molar-refractivity contribution in [2.75, 3.05) is 19.1 Å². The number of rotatable bonds is 10. The molecule has 0 aromatic heterocycles. The molecule has 0 aliphatic heterocycles. The van der Waals surface area contributed by atoms with Gasteiger partial charge in [0.15, 0.2) is 5.75 Å². The van der Waals surface area contributed by atoms with Crippen LogP contribution in [0.5, 0.6) is 11.5 Å². The Balaban J connectivity index is 2.19. The average molecular weight is 460 g/mol. The van der Waals surface area contributed by atoms with E-state index < -0.39 is 6.10 Å². The van der Waals surface area contributed by atoms with Crippen LogP contribution in [0.1, 0.15) is 45.2 Å². The van der Waals surface area contributed by atoms with Crippen molar-refractivity contribution in [2.45, 2.75) is 45.6 Å². The summed E-state index contributed by atoms with van der Waals surface area (Å²) in [6, 6.07) is 11.8. The highest BCUT2D eigenvalue weighted by Crippen LogP contribution is 2.40. The van der Waals surface area contributed by atoms with Crippen molar-refractivity contribution < 1.29 is 14.6 Å². The fourth-order valence-corrected chi connectivity index (χ4v) is 3.46.